The highest BCUT2D eigenvalue weighted by molar-refractivity contribution is 6.34. The first-order valence-electron chi connectivity index (χ1n) is 8.49. The van der Waals surface area contributed by atoms with E-state index in [1.807, 2.05) is 24.3 Å². The maximum Gasteiger partial charge on any atom is 0.274 e. The fraction of sp³-hybridized carbons (Fsp3) is 0.316. The van der Waals surface area contributed by atoms with Crippen LogP contribution in [-0.2, 0) is 6.42 Å². The third-order valence-corrected chi connectivity index (χ3v) is 4.99. The summed E-state index contributed by atoms with van der Waals surface area (Å²) in [5.74, 6) is -0.282. The smallest absolute Gasteiger partial charge is 0.274 e. The van der Waals surface area contributed by atoms with E-state index in [-0.39, 0.29) is 27.7 Å². The van der Waals surface area contributed by atoms with Gasteiger partial charge < -0.3 is 9.80 Å². The number of carbonyl (C=O) groups is 2. The van der Waals surface area contributed by atoms with Crippen LogP contribution in [0.2, 0.25) is 10.2 Å². The van der Waals surface area contributed by atoms with Crippen molar-refractivity contribution in [2.75, 3.05) is 26.2 Å². The van der Waals surface area contributed by atoms with Gasteiger partial charge in [0.1, 0.15) is 10.8 Å². The highest BCUT2D eigenvalue weighted by atomic mass is 35.5. The molecule has 1 aromatic carbocycles. The second-order valence-corrected chi connectivity index (χ2v) is 6.89. The molecular formula is C19H19Cl2N3O2. The van der Waals surface area contributed by atoms with Gasteiger partial charge in [-0.3, -0.25) is 9.59 Å². The van der Waals surface area contributed by atoms with Crippen molar-refractivity contribution in [1.29, 1.82) is 0 Å². The summed E-state index contributed by atoms with van der Waals surface area (Å²) < 4.78 is 0. The standard InChI is InChI=1S/C19H19Cl2N3O2/c1-2-13-3-5-14(6-4-13)18(25)23-9-11-24(12-10-23)19(26)17-15(20)7-8-16(21)22-17/h3-8H,2,9-12H2,1H3. The second kappa shape index (κ2) is 8.06. The zero-order chi connectivity index (χ0) is 18.7. The first kappa shape index (κ1) is 18.7. The lowest BCUT2D eigenvalue weighted by Gasteiger charge is -2.34. The third kappa shape index (κ3) is 4.00. The van der Waals surface area contributed by atoms with E-state index in [1.54, 1.807) is 21.9 Å². The Hall–Kier alpha value is -2.11. The molecule has 1 aliphatic heterocycles. The average Bonchev–Trinajstić information content (AvgIpc) is 2.69. The summed E-state index contributed by atoms with van der Waals surface area (Å²) in [6.45, 7) is 3.88. The van der Waals surface area contributed by atoms with Gasteiger partial charge in [0.2, 0.25) is 0 Å². The predicted molar refractivity (Wildman–Crippen MR) is 102 cm³/mol. The number of nitrogens with zero attached hydrogens (tertiary/aromatic N) is 3. The van der Waals surface area contributed by atoms with E-state index in [1.165, 1.54) is 5.56 Å². The molecule has 1 fully saturated rings. The van der Waals surface area contributed by atoms with Crippen LogP contribution in [0.3, 0.4) is 0 Å². The Balaban J connectivity index is 1.64. The van der Waals surface area contributed by atoms with Crippen LogP contribution in [0.25, 0.3) is 0 Å². The number of hydrogen-bond acceptors (Lipinski definition) is 3. The Kier molecular flexibility index (Phi) is 5.79. The number of amides is 2. The van der Waals surface area contributed by atoms with Gasteiger partial charge in [0, 0.05) is 31.7 Å². The number of benzene rings is 1. The van der Waals surface area contributed by atoms with E-state index in [0.717, 1.165) is 6.42 Å². The number of piperazine rings is 1. The van der Waals surface area contributed by atoms with Crippen LogP contribution in [0, 0.1) is 0 Å². The number of pyridine rings is 1. The normalized spacial score (nSPS) is 14.4. The Bertz CT molecular complexity index is 816. The highest BCUT2D eigenvalue weighted by Crippen LogP contribution is 2.20. The van der Waals surface area contributed by atoms with Gasteiger partial charge in [0.15, 0.2) is 0 Å². The molecule has 0 saturated carbocycles. The Labute approximate surface area is 162 Å². The van der Waals surface area contributed by atoms with Crippen LogP contribution in [0.1, 0.15) is 33.3 Å². The van der Waals surface area contributed by atoms with Crippen LogP contribution in [0.4, 0.5) is 0 Å². The van der Waals surface area contributed by atoms with Crippen molar-refractivity contribution in [1.82, 2.24) is 14.8 Å². The molecule has 2 aromatic rings. The molecule has 0 spiro atoms. The number of aromatic nitrogens is 1. The third-order valence-electron chi connectivity index (χ3n) is 4.48. The van der Waals surface area contributed by atoms with Crippen LogP contribution < -0.4 is 0 Å². The number of carbonyl (C=O) groups excluding carboxylic acids is 2. The fourth-order valence-electron chi connectivity index (χ4n) is 2.90. The van der Waals surface area contributed by atoms with Crippen molar-refractivity contribution in [3.8, 4) is 0 Å². The Morgan fingerprint density at radius 1 is 0.923 bits per heavy atom. The molecule has 0 radical (unpaired) electrons. The Morgan fingerprint density at radius 2 is 1.50 bits per heavy atom. The molecule has 1 aliphatic rings. The zero-order valence-corrected chi connectivity index (χ0v) is 15.9. The maximum absolute atomic E-state index is 12.6. The molecule has 0 unspecified atom stereocenters. The van der Waals surface area contributed by atoms with E-state index in [0.29, 0.717) is 31.7 Å². The molecule has 1 saturated heterocycles. The fourth-order valence-corrected chi connectivity index (χ4v) is 3.23. The van der Waals surface area contributed by atoms with Crippen molar-refractivity contribution in [3.05, 3.63) is 63.4 Å². The van der Waals surface area contributed by atoms with Gasteiger partial charge in [-0.25, -0.2) is 4.98 Å². The van der Waals surface area contributed by atoms with E-state index in [4.69, 9.17) is 23.2 Å². The molecule has 1 aromatic heterocycles. The number of hydrogen-bond donors (Lipinski definition) is 0. The summed E-state index contributed by atoms with van der Waals surface area (Å²) in [7, 11) is 0. The van der Waals surface area contributed by atoms with Crippen LogP contribution in [0.15, 0.2) is 36.4 Å². The van der Waals surface area contributed by atoms with E-state index < -0.39 is 0 Å². The summed E-state index contributed by atoms with van der Waals surface area (Å²) in [5.41, 5.74) is 2.01. The van der Waals surface area contributed by atoms with Crippen LogP contribution in [0.5, 0.6) is 0 Å². The van der Waals surface area contributed by atoms with E-state index in [9.17, 15) is 9.59 Å². The van der Waals surface area contributed by atoms with Crippen molar-refractivity contribution in [3.63, 3.8) is 0 Å². The van der Waals surface area contributed by atoms with Gasteiger partial charge >= 0.3 is 0 Å². The molecule has 26 heavy (non-hydrogen) atoms. The summed E-state index contributed by atoms with van der Waals surface area (Å²) in [6, 6.07) is 10.8. The van der Waals surface area contributed by atoms with Gasteiger partial charge in [0.25, 0.3) is 11.8 Å². The minimum atomic E-state index is -0.267. The molecule has 0 aliphatic carbocycles. The van der Waals surface area contributed by atoms with Gasteiger partial charge in [-0.1, -0.05) is 42.3 Å². The molecule has 0 N–H and O–H groups in total. The lowest BCUT2D eigenvalue weighted by molar-refractivity contribution is 0.0532. The summed E-state index contributed by atoms with van der Waals surface area (Å²) >= 11 is 11.9. The number of aryl methyl sites for hydroxylation is 1. The molecule has 2 amide bonds. The number of halogens is 2. The molecule has 3 rings (SSSR count). The van der Waals surface area contributed by atoms with Crippen LogP contribution >= 0.6 is 23.2 Å². The molecule has 136 valence electrons. The van der Waals surface area contributed by atoms with Crippen molar-refractivity contribution in [2.45, 2.75) is 13.3 Å². The molecule has 2 heterocycles. The highest BCUT2D eigenvalue weighted by Gasteiger charge is 2.27. The molecule has 7 heteroatoms. The summed E-state index contributed by atoms with van der Waals surface area (Å²) in [6.07, 6.45) is 0.940. The largest absolute Gasteiger partial charge is 0.335 e. The van der Waals surface area contributed by atoms with Crippen LogP contribution in [-0.4, -0.2) is 52.8 Å². The van der Waals surface area contributed by atoms with Gasteiger partial charge in [-0.05, 0) is 36.2 Å². The Morgan fingerprint density at radius 3 is 2.08 bits per heavy atom. The lowest BCUT2D eigenvalue weighted by atomic mass is 10.1. The van der Waals surface area contributed by atoms with Gasteiger partial charge in [-0.15, -0.1) is 0 Å². The van der Waals surface area contributed by atoms with Gasteiger partial charge in [-0.2, -0.15) is 0 Å². The van der Waals surface area contributed by atoms with Crippen molar-refractivity contribution in [2.24, 2.45) is 0 Å². The molecule has 5 nitrogen and oxygen atoms in total. The monoisotopic (exact) mass is 391 g/mol. The SMILES string of the molecule is CCc1ccc(C(=O)N2CCN(C(=O)c3nc(Cl)ccc3Cl)CC2)cc1. The predicted octanol–water partition coefficient (Wildman–Crippen LogP) is 3.55. The molecular weight excluding hydrogens is 373 g/mol. The summed E-state index contributed by atoms with van der Waals surface area (Å²) in [4.78, 5) is 32.7. The van der Waals surface area contributed by atoms with Gasteiger partial charge in [0.05, 0.1) is 5.02 Å². The first-order chi connectivity index (χ1) is 12.5. The van der Waals surface area contributed by atoms with Crippen molar-refractivity contribution >= 4 is 35.0 Å². The topological polar surface area (TPSA) is 53.5 Å². The number of rotatable bonds is 3. The second-order valence-electron chi connectivity index (χ2n) is 6.10. The van der Waals surface area contributed by atoms with E-state index in [2.05, 4.69) is 11.9 Å². The summed E-state index contributed by atoms with van der Waals surface area (Å²) in [5, 5.41) is 0.496. The molecule has 0 atom stereocenters. The first-order valence-corrected chi connectivity index (χ1v) is 9.24. The average molecular weight is 392 g/mol. The lowest BCUT2D eigenvalue weighted by Crippen LogP contribution is -2.50. The molecule has 0 bridgehead atoms. The minimum Gasteiger partial charge on any atom is -0.335 e. The maximum atomic E-state index is 12.6. The zero-order valence-electron chi connectivity index (χ0n) is 14.4. The quantitative estimate of drug-likeness (QED) is 0.751. The van der Waals surface area contributed by atoms with E-state index >= 15 is 0 Å². The minimum absolute atomic E-state index is 0.0151. The van der Waals surface area contributed by atoms with Crippen molar-refractivity contribution < 1.29 is 9.59 Å².